The zero-order valence-electron chi connectivity index (χ0n) is 17.1. The van der Waals surface area contributed by atoms with E-state index in [9.17, 15) is 4.79 Å². The van der Waals surface area contributed by atoms with E-state index in [-0.39, 0.29) is 6.61 Å². The van der Waals surface area contributed by atoms with Crippen molar-refractivity contribution in [1.82, 2.24) is 10.4 Å². The van der Waals surface area contributed by atoms with Crippen LogP contribution in [0, 0.1) is 6.92 Å². The first-order valence-corrected chi connectivity index (χ1v) is 9.24. The molecule has 0 atom stereocenters. The SMILES string of the molecule is COc1ccc(-c2cccc(OCc3c(C)cccc3NC(=O)NN)n2)c(OC)c1. The number of nitrogens with two attached hydrogens (primary N) is 1. The second-order valence-electron chi connectivity index (χ2n) is 6.42. The predicted octanol–water partition coefficient (Wildman–Crippen LogP) is 3.65. The Labute approximate surface area is 175 Å². The number of nitrogens with one attached hydrogen (secondary N) is 2. The predicted molar refractivity (Wildman–Crippen MR) is 115 cm³/mol. The molecule has 0 fully saturated rings. The molecule has 1 heterocycles. The molecule has 3 aromatic rings. The maximum Gasteiger partial charge on any atom is 0.333 e. The van der Waals surface area contributed by atoms with Crippen molar-refractivity contribution in [3.05, 3.63) is 65.7 Å². The Balaban J connectivity index is 1.83. The fraction of sp³-hybridized carbons (Fsp3) is 0.182. The molecule has 0 unspecified atom stereocenters. The first kappa shape index (κ1) is 20.9. The molecular formula is C22H24N4O4. The number of hydrazine groups is 1. The Bertz CT molecular complexity index is 1040. The summed E-state index contributed by atoms with van der Waals surface area (Å²) < 4.78 is 16.7. The molecule has 1 aromatic heterocycles. The molecule has 2 amide bonds. The van der Waals surface area contributed by atoms with E-state index in [2.05, 4.69) is 15.7 Å². The van der Waals surface area contributed by atoms with E-state index < -0.39 is 6.03 Å². The van der Waals surface area contributed by atoms with Gasteiger partial charge in [-0.1, -0.05) is 18.2 Å². The van der Waals surface area contributed by atoms with Gasteiger partial charge in [0.25, 0.3) is 0 Å². The first-order chi connectivity index (χ1) is 14.5. The Morgan fingerprint density at radius 1 is 1.07 bits per heavy atom. The lowest BCUT2D eigenvalue weighted by molar-refractivity contribution is 0.252. The van der Waals surface area contributed by atoms with Crippen molar-refractivity contribution >= 4 is 11.7 Å². The zero-order valence-corrected chi connectivity index (χ0v) is 17.1. The fourth-order valence-electron chi connectivity index (χ4n) is 2.97. The van der Waals surface area contributed by atoms with E-state index in [0.29, 0.717) is 28.8 Å². The topological polar surface area (TPSA) is 108 Å². The number of rotatable bonds is 7. The highest BCUT2D eigenvalue weighted by Gasteiger charge is 2.12. The van der Waals surface area contributed by atoms with E-state index in [0.717, 1.165) is 16.7 Å². The zero-order chi connectivity index (χ0) is 21.5. The molecule has 2 aromatic carbocycles. The number of hydrogen-bond donors (Lipinski definition) is 3. The summed E-state index contributed by atoms with van der Waals surface area (Å²) in [4.78, 5) is 16.2. The molecule has 0 aliphatic carbocycles. The third-order valence-electron chi connectivity index (χ3n) is 4.56. The smallest absolute Gasteiger partial charge is 0.333 e. The molecule has 0 radical (unpaired) electrons. The van der Waals surface area contributed by atoms with Crippen LogP contribution < -0.4 is 30.8 Å². The van der Waals surface area contributed by atoms with Crippen molar-refractivity contribution in [2.24, 2.45) is 5.84 Å². The lowest BCUT2D eigenvalue weighted by atomic mass is 10.1. The maximum atomic E-state index is 11.6. The van der Waals surface area contributed by atoms with Gasteiger partial charge in [-0.05, 0) is 36.8 Å². The average Bonchev–Trinajstić information content (AvgIpc) is 2.78. The van der Waals surface area contributed by atoms with Crippen LogP contribution in [-0.2, 0) is 6.61 Å². The number of carbonyl (C=O) groups excluding carboxylic acids is 1. The van der Waals surface area contributed by atoms with Crippen molar-refractivity contribution in [2.75, 3.05) is 19.5 Å². The minimum Gasteiger partial charge on any atom is -0.497 e. The maximum absolute atomic E-state index is 11.6. The van der Waals surface area contributed by atoms with Crippen molar-refractivity contribution in [2.45, 2.75) is 13.5 Å². The van der Waals surface area contributed by atoms with Crippen LogP contribution >= 0.6 is 0 Å². The number of carbonyl (C=O) groups is 1. The van der Waals surface area contributed by atoms with Crippen molar-refractivity contribution in [3.63, 3.8) is 0 Å². The molecule has 3 rings (SSSR count). The van der Waals surface area contributed by atoms with Crippen LogP contribution in [-0.4, -0.2) is 25.2 Å². The number of pyridine rings is 1. The van der Waals surface area contributed by atoms with Gasteiger partial charge < -0.3 is 19.5 Å². The van der Waals surface area contributed by atoms with Crippen LogP contribution in [0.4, 0.5) is 10.5 Å². The van der Waals surface area contributed by atoms with Gasteiger partial charge in [-0.25, -0.2) is 15.6 Å². The summed E-state index contributed by atoms with van der Waals surface area (Å²) in [6.45, 7) is 2.17. The largest absolute Gasteiger partial charge is 0.497 e. The number of nitrogens with zero attached hydrogens (tertiary/aromatic N) is 1. The molecule has 0 saturated carbocycles. The highest BCUT2D eigenvalue weighted by Crippen LogP contribution is 2.33. The minimum atomic E-state index is -0.506. The normalized spacial score (nSPS) is 10.3. The molecule has 0 aliphatic rings. The quantitative estimate of drug-likeness (QED) is 0.313. The molecule has 0 aliphatic heterocycles. The third kappa shape index (κ3) is 4.79. The van der Waals surface area contributed by atoms with E-state index >= 15 is 0 Å². The lowest BCUT2D eigenvalue weighted by Gasteiger charge is -2.15. The van der Waals surface area contributed by atoms with Gasteiger partial charge in [-0.3, -0.25) is 5.43 Å². The van der Waals surface area contributed by atoms with Crippen LogP contribution in [0.5, 0.6) is 17.4 Å². The van der Waals surface area contributed by atoms with Crippen molar-refractivity contribution in [3.8, 4) is 28.6 Å². The molecule has 4 N–H and O–H groups in total. The highest BCUT2D eigenvalue weighted by atomic mass is 16.5. The number of anilines is 1. The van der Waals surface area contributed by atoms with Crippen LogP contribution in [0.2, 0.25) is 0 Å². The molecule has 156 valence electrons. The number of methoxy groups -OCH3 is 2. The average molecular weight is 408 g/mol. The third-order valence-corrected chi connectivity index (χ3v) is 4.56. The summed E-state index contributed by atoms with van der Waals surface area (Å²) in [7, 11) is 3.20. The molecule has 0 saturated heterocycles. The second-order valence-corrected chi connectivity index (χ2v) is 6.42. The summed E-state index contributed by atoms with van der Waals surface area (Å²) in [5, 5.41) is 2.70. The standard InChI is InChI=1S/C22H24N4O4/c1-14-6-4-7-19(25-22(27)26-23)17(14)13-30-21-9-5-8-18(24-21)16-11-10-15(28-2)12-20(16)29-3/h4-12H,13,23H2,1-3H3,(H2,25,26,27). The van der Waals surface area contributed by atoms with E-state index in [1.165, 1.54) is 0 Å². The summed E-state index contributed by atoms with van der Waals surface area (Å²) in [5.41, 5.74) is 6.00. The number of hydrogen-bond acceptors (Lipinski definition) is 6. The highest BCUT2D eigenvalue weighted by molar-refractivity contribution is 5.89. The fourth-order valence-corrected chi connectivity index (χ4v) is 2.97. The Morgan fingerprint density at radius 2 is 1.87 bits per heavy atom. The van der Waals surface area contributed by atoms with Crippen LogP contribution in [0.25, 0.3) is 11.3 Å². The number of aryl methyl sites for hydroxylation is 1. The van der Waals surface area contributed by atoms with E-state index in [4.69, 9.17) is 20.1 Å². The van der Waals surface area contributed by atoms with Gasteiger partial charge in [-0.2, -0.15) is 0 Å². The number of benzene rings is 2. The number of aromatic nitrogens is 1. The Hall–Kier alpha value is -3.78. The van der Waals surface area contributed by atoms with Gasteiger partial charge in [0.1, 0.15) is 18.1 Å². The van der Waals surface area contributed by atoms with Crippen LogP contribution in [0.15, 0.2) is 54.6 Å². The number of ether oxygens (including phenoxy) is 3. The lowest BCUT2D eigenvalue weighted by Crippen LogP contribution is -2.34. The Morgan fingerprint density at radius 3 is 2.60 bits per heavy atom. The second kappa shape index (κ2) is 9.62. The monoisotopic (exact) mass is 408 g/mol. The molecular weight excluding hydrogens is 384 g/mol. The minimum absolute atomic E-state index is 0.225. The van der Waals surface area contributed by atoms with Crippen molar-refractivity contribution < 1.29 is 19.0 Å². The molecule has 0 bridgehead atoms. The number of amides is 2. The number of urea groups is 1. The van der Waals surface area contributed by atoms with Crippen LogP contribution in [0.1, 0.15) is 11.1 Å². The van der Waals surface area contributed by atoms with Gasteiger partial charge in [0.15, 0.2) is 0 Å². The first-order valence-electron chi connectivity index (χ1n) is 9.24. The molecule has 0 spiro atoms. The summed E-state index contributed by atoms with van der Waals surface area (Å²) in [6.07, 6.45) is 0. The van der Waals surface area contributed by atoms with E-state index in [1.807, 2.05) is 43.3 Å². The molecule has 30 heavy (non-hydrogen) atoms. The Kier molecular flexibility index (Phi) is 6.71. The molecule has 8 heteroatoms. The van der Waals surface area contributed by atoms with Gasteiger partial charge in [0.2, 0.25) is 5.88 Å². The van der Waals surface area contributed by atoms with Crippen LogP contribution in [0.3, 0.4) is 0 Å². The molecule has 8 nitrogen and oxygen atoms in total. The van der Waals surface area contributed by atoms with Gasteiger partial charge in [0, 0.05) is 28.9 Å². The van der Waals surface area contributed by atoms with E-state index in [1.54, 1.807) is 32.4 Å². The summed E-state index contributed by atoms with van der Waals surface area (Å²) >= 11 is 0. The van der Waals surface area contributed by atoms with Gasteiger partial charge >= 0.3 is 6.03 Å². The summed E-state index contributed by atoms with van der Waals surface area (Å²) in [6, 6.07) is 16.1. The van der Waals surface area contributed by atoms with Gasteiger partial charge in [-0.15, -0.1) is 0 Å². The summed E-state index contributed by atoms with van der Waals surface area (Å²) in [5.74, 6) is 6.96. The van der Waals surface area contributed by atoms with Crippen molar-refractivity contribution in [1.29, 1.82) is 0 Å². The van der Waals surface area contributed by atoms with Gasteiger partial charge in [0.05, 0.1) is 19.9 Å².